The second-order valence-corrected chi connectivity index (χ2v) is 6.42. The van der Waals surface area contributed by atoms with E-state index in [1.165, 1.54) is 30.3 Å². The second-order valence-electron chi connectivity index (χ2n) is 6.42. The van der Waals surface area contributed by atoms with E-state index in [2.05, 4.69) is 5.32 Å². The highest BCUT2D eigenvalue weighted by atomic mass is 19.1. The number of nitrogens with one attached hydrogen (secondary N) is 1. The lowest BCUT2D eigenvalue weighted by Gasteiger charge is -2.40. The highest BCUT2D eigenvalue weighted by Crippen LogP contribution is 2.31. The second kappa shape index (κ2) is 8.68. The zero-order valence-electron chi connectivity index (χ0n) is 14.9. The Morgan fingerprint density at radius 1 is 1.07 bits per heavy atom. The van der Waals surface area contributed by atoms with Crippen LogP contribution in [0.15, 0.2) is 42.5 Å². The summed E-state index contributed by atoms with van der Waals surface area (Å²) in [5, 5.41) is 53.0. The van der Waals surface area contributed by atoms with E-state index in [-0.39, 0.29) is 22.9 Å². The number of hydrogen-bond donors (Lipinski definition) is 5. The number of nitro benzene ring substituents is 1. The number of hydrogen-bond acceptors (Lipinski definition) is 9. The van der Waals surface area contributed by atoms with Crippen molar-refractivity contribution in [3.05, 3.63) is 58.4 Å². The first kappa shape index (κ1) is 20.9. The Bertz CT molecular complexity index is 863. The molecular formula is C18H19FN2O8. The molecule has 0 spiro atoms. The summed E-state index contributed by atoms with van der Waals surface area (Å²) in [6.45, 7) is -0.614. The number of ether oxygens (including phenoxy) is 2. The van der Waals surface area contributed by atoms with Crippen molar-refractivity contribution in [2.75, 3.05) is 11.9 Å². The van der Waals surface area contributed by atoms with Crippen molar-refractivity contribution in [3.63, 3.8) is 0 Å². The van der Waals surface area contributed by atoms with Gasteiger partial charge in [-0.3, -0.25) is 10.1 Å². The van der Waals surface area contributed by atoms with Gasteiger partial charge in [-0.2, -0.15) is 0 Å². The fourth-order valence-corrected chi connectivity index (χ4v) is 2.85. The molecule has 3 rings (SSSR count). The maximum Gasteiger partial charge on any atom is 0.275 e. The highest BCUT2D eigenvalue weighted by Gasteiger charge is 2.43. The van der Waals surface area contributed by atoms with E-state index >= 15 is 0 Å². The summed E-state index contributed by atoms with van der Waals surface area (Å²) in [6, 6.07) is 8.70. The van der Waals surface area contributed by atoms with Crippen LogP contribution in [0.2, 0.25) is 0 Å². The number of non-ortho nitro benzene ring substituents is 1. The van der Waals surface area contributed by atoms with Crippen molar-refractivity contribution < 1.29 is 39.2 Å². The van der Waals surface area contributed by atoms with E-state index in [0.29, 0.717) is 0 Å². The first-order valence-electron chi connectivity index (χ1n) is 8.58. The summed E-state index contributed by atoms with van der Waals surface area (Å²) in [7, 11) is 0. The smallest absolute Gasteiger partial charge is 0.275 e. The molecule has 1 aliphatic heterocycles. The maximum atomic E-state index is 13.0. The van der Waals surface area contributed by atoms with E-state index in [0.717, 1.165) is 12.1 Å². The predicted molar refractivity (Wildman–Crippen MR) is 97.0 cm³/mol. The van der Waals surface area contributed by atoms with E-state index in [1.807, 2.05) is 0 Å². The number of anilines is 1. The molecule has 2 aromatic rings. The van der Waals surface area contributed by atoms with Gasteiger partial charge in [0.15, 0.2) is 6.23 Å². The number of benzene rings is 2. The molecule has 1 heterocycles. The summed E-state index contributed by atoms with van der Waals surface area (Å²) >= 11 is 0. The summed E-state index contributed by atoms with van der Waals surface area (Å²) in [5.74, 6) is -0.176. The van der Waals surface area contributed by atoms with Crippen LogP contribution in [-0.4, -0.2) is 62.6 Å². The van der Waals surface area contributed by atoms with Gasteiger partial charge in [0.25, 0.3) is 5.69 Å². The van der Waals surface area contributed by atoms with E-state index in [4.69, 9.17) is 9.47 Å². The average Bonchev–Trinajstić information content (AvgIpc) is 2.70. The lowest BCUT2D eigenvalue weighted by atomic mass is 9.98. The van der Waals surface area contributed by atoms with Crippen molar-refractivity contribution in [3.8, 4) is 11.5 Å². The third-order valence-corrected chi connectivity index (χ3v) is 4.35. The minimum Gasteiger partial charge on any atom is -0.457 e. The first-order valence-corrected chi connectivity index (χ1v) is 8.58. The molecule has 1 fully saturated rings. The molecule has 10 nitrogen and oxygen atoms in total. The molecule has 0 radical (unpaired) electrons. The van der Waals surface area contributed by atoms with Gasteiger partial charge in [0.1, 0.15) is 41.7 Å². The number of rotatable bonds is 6. The van der Waals surface area contributed by atoms with Gasteiger partial charge in [-0.15, -0.1) is 0 Å². The van der Waals surface area contributed by atoms with Gasteiger partial charge < -0.3 is 35.2 Å². The van der Waals surface area contributed by atoms with E-state index < -0.39 is 48.0 Å². The maximum absolute atomic E-state index is 13.0. The Morgan fingerprint density at radius 3 is 2.38 bits per heavy atom. The van der Waals surface area contributed by atoms with Crippen molar-refractivity contribution in [1.29, 1.82) is 0 Å². The fraction of sp³-hybridized carbons (Fsp3) is 0.333. The Kier molecular flexibility index (Phi) is 6.25. The molecule has 2 aromatic carbocycles. The topological polar surface area (TPSA) is 155 Å². The molecule has 0 aromatic heterocycles. The summed E-state index contributed by atoms with van der Waals surface area (Å²) in [5.41, 5.74) is -0.225. The third kappa shape index (κ3) is 4.78. The minimum atomic E-state index is -1.60. The normalized spacial score (nSPS) is 26.7. The van der Waals surface area contributed by atoms with Crippen LogP contribution in [0.3, 0.4) is 0 Å². The minimum absolute atomic E-state index is 0.0536. The van der Waals surface area contributed by atoms with Crippen LogP contribution < -0.4 is 10.1 Å². The lowest BCUT2D eigenvalue weighted by Crippen LogP contribution is -2.60. The average molecular weight is 410 g/mol. The van der Waals surface area contributed by atoms with E-state index in [9.17, 15) is 34.9 Å². The van der Waals surface area contributed by atoms with Crippen molar-refractivity contribution in [1.82, 2.24) is 0 Å². The molecule has 11 heteroatoms. The number of aliphatic hydroxyl groups excluding tert-OH is 4. The molecule has 0 bridgehead atoms. The number of nitrogens with zero attached hydrogens (tertiary/aromatic N) is 1. The van der Waals surface area contributed by atoms with Gasteiger partial charge in [-0.05, 0) is 24.3 Å². The van der Waals surface area contributed by atoms with Crippen LogP contribution in [0.1, 0.15) is 0 Å². The molecule has 0 amide bonds. The predicted octanol–water partition coefficient (Wildman–Crippen LogP) is 0.738. The van der Waals surface area contributed by atoms with Crippen LogP contribution >= 0.6 is 0 Å². The molecule has 0 unspecified atom stereocenters. The standard InChI is InChI=1S/C18H19FN2O8/c19-9-1-3-12(4-2-9)28-13-6-10(5-11(7-13)21(26)27)20-18-17(25)16(24)15(23)14(8-22)29-18/h1-7,14-18,20,22-25H,8H2/t14-,15+,16+,17+,18-/m1/s1. The van der Waals surface area contributed by atoms with E-state index in [1.54, 1.807) is 0 Å². The number of nitro groups is 1. The largest absolute Gasteiger partial charge is 0.457 e. The molecule has 5 atom stereocenters. The Balaban J connectivity index is 1.85. The van der Waals surface area contributed by atoms with Crippen molar-refractivity contribution in [2.45, 2.75) is 30.6 Å². The molecule has 0 aliphatic carbocycles. The number of halogens is 1. The van der Waals surface area contributed by atoms with Gasteiger partial charge >= 0.3 is 0 Å². The van der Waals surface area contributed by atoms with Crippen molar-refractivity contribution in [2.24, 2.45) is 0 Å². The molecule has 0 saturated carbocycles. The fourth-order valence-electron chi connectivity index (χ4n) is 2.85. The van der Waals surface area contributed by atoms with Crippen molar-refractivity contribution >= 4 is 11.4 Å². The zero-order valence-corrected chi connectivity index (χ0v) is 14.9. The van der Waals surface area contributed by atoms with Gasteiger partial charge in [0.05, 0.1) is 17.6 Å². The SMILES string of the molecule is O=[N+]([O-])c1cc(N[C@@H]2O[C@H](CO)[C@H](O)[C@H](O)[C@@H]2O)cc(Oc2ccc(F)cc2)c1. The molecule has 1 aliphatic rings. The Hall–Kier alpha value is -2.83. The molecule has 156 valence electrons. The summed E-state index contributed by atoms with van der Waals surface area (Å²) < 4.78 is 23.9. The van der Waals surface area contributed by atoms with Gasteiger partial charge in [0.2, 0.25) is 0 Å². The highest BCUT2D eigenvalue weighted by molar-refractivity contribution is 5.57. The zero-order chi connectivity index (χ0) is 21.1. The summed E-state index contributed by atoms with van der Waals surface area (Å²) in [6.07, 6.45) is -7.12. The molecule has 29 heavy (non-hydrogen) atoms. The van der Waals surface area contributed by atoms with Gasteiger partial charge in [-0.25, -0.2) is 4.39 Å². The van der Waals surface area contributed by atoms with Gasteiger partial charge in [0, 0.05) is 17.8 Å². The monoisotopic (exact) mass is 410 g/mol. The first-order chi connectivity index (χ1) is 13.8. The lowest BCUT2D eigenvalue weighted by molar-refractivity contribution is -0.384. The van der Waals surface area contributed by atoms with Crippen LogP contribution in [-0.2, 0) is 4.74 Å². The number of aliphatic hydroxyl groups is 4. The van der Waals surface area contributed by atoms with Crippen LogP contribution in [0.25, 0.3) is 0 Å². The molecule has 1 saturated heterocycles. The van der Waals surface area contributed by atoms with Crippen LogP contribution in [0.5, 0.6) is 11.5 Å². The van der Waals surface area contributed by atoms with Gasteiger partial charge in [-0.1, -0.05) is 0 Å². The molecular weight excluding hydrogens is 391 g/mol. The quantitative estimate of drug-likeness (QED) is 0.342. The van der Waals surface area contributed by atoms with Crippen LogP contribution in [0, 0.1) is 15.9 Å². The Morgan fingerprint density at radius 2 is 1.76 bits per heavy atom. The van der Waals surface area contributed by atoms with Crippen LogP contribution in [0.4, 0.5) is 15.8 Å². The summed E-state index contributed by atoms with van der Waals surface area (Å²) in [4.78, 5) is 10.6. The Labute approximate surface area is 163 Å². The molecule has 5 N–H and O–H groups in total. The third-order valence-electron chi connectivity index (χ3n) is 4.35.